The third kappa shape index (κ3) is 2.83. The summed E-state index contributed by atoms with van der Waals surface area (Å²) in [6, 6.07) is 0. The fourth-order valence-electron chi connectivity index (χ4n) is 2.30. The summed E-state index contributed by atoms with van der Waals surface area (Å²) in [4.78, 5) is 37.7. The first-order valence-electron chi connectivity index (χ1n) is 7.00. The molecule has 6 nitrogen and oxygen atoms in total. The zero-order valence-corrected chi connectivity index (χ0v) is 13.8. The van der Waals surface area contributed by atoms with E-state index in [-0.39, 0.29) is 0 Å². The fraction of sp³-hybridized carbons (Fsp3) is 0.125. The van der Waals surface area contributed by atoms with Crippen molar-refractivity contribution in [3.05, 3.63) is 63.0 Å². The van der Waals surface area contributed by atoms with E-state index in [9.17, 15) is 14.0 Å². The molecule has 0 fully saturated rings. The molecule has 2 N–H and O–H groups in total. The predicted octanol–water partition coefficient (Wildman–Crippen LogP) is 2.97. The number of H-pyrrole nitrogens is 2. The molecule has 0 atom stereocenters. The zero-order chi connectivity index (χ0) is 17.4. The minimum atomic E-state index is -0.566. The van der Waals surface area contributed by atoms with Gasteiger partial charge in [-0.3, -0.25) is 9.78 Å². The number of thiophene rings is 1. The predicted molar refractivity (Wildman–Crippen MR) is 93.9 cm³/mol. The Morgan fingerprint density at radius 3 is 2.75 bits per heavy atom. The van der Waals surface area contributed by atoms with Gasteiger partial charge < -0.3 is 4.98 Å². The van der Waals surface area contributed by atoms with Crippen LogP contribution in [-0.4, -0.2) is 19.9 Å². The van der Waals surface area contributed by atoms with Gasteiger partial charge >= 0.3 is 5.69 Å². The minimum Gasteiger partial charge on any atom is -0.305 e. The van der Waals surface area contributed by atoms with E-state index >= 15 is 0 Å². The number of hydrogen-bond donors (Lipinski definition) is 2. The molecule has 0 aliphatic carbocycles. The second-order valence-electron chi connectivity index (χ2n) is 5.18. The Kier molecular flexibility index (Phi) is 3.98. The maximum absolute atomic E-state index is 12.6. The molecule has 0 radical (unpaired) electrons. The standard InChI is InChI=1S/C16H13FN4O2S/c1-7(5-4-6-8(2)17)13-18-9(3)10-11-12(24-15(10)20-13)14(22)21-16(23)19-11/h4-6H,2H2,1,3H3,(H2,19,21,22,23)/b6-4-,7-5+. The van der Waals surface area contributed by atoms with E-state index in [0.717, 1.165) is 5.57 Å². The van der Waals surface area contributed by atoms with Crippen molar-refractivity contribution < 1.29 is 4.39 Å². The third-order valence-corrected chi connectivity index (χ3v) is 4.46. The van der Waals surface area contributed by atoms with Gasteiger partial charge in [0.15, 0.2) is 5.82 Å². The van der Waals surface area contributed by atoms with Crippen molar-refractivity contribution in [2.45, 2.75) is 13.8 Å². The molecule has 0 aliphatic heterocycles. The number of allylic oxidation sites excluding steroid dienone is 5. The molecule has 0 aliphatic rings. The molecular formula is C16H13FN4O2S. The molecule has 8 heteroatoms. The Morgan fingerprint density at radius 2 is 2.04 bits per heavy atom. The van der Waals surface area contributed by atoms with Gasteiger partial charge in [-0.2, -0.15) is 0 Å². The van der Waals surface area contributed by atoms with Crippen LogP contribution in [0.25, 0.3) is 26.0 Å². The van der Waals surface area contributed by atoms with Gasteiger partial charge in [-0.1, -0.05) is 18.7 Å². The summed E-state index contributed by atoms with van der Waals surface area (Å²) in [5, 5.41) is 0.655. The van der Waals surface area contributed by atoms with E-state index in [4.69, 9.17) is 0 Å². The molecule has 122 valence electrons. The number of rotatable bonds is 3. The molecular weight excluding hydrogens is 331 g/mol. The molecule has 0 bridgehead atoms. The van der Waals surface area contributed by atoms with Crippen LogP contribution >= 0.6 is 11.3 Å². The van der Waals surface area contributed by atoms with Gasteiger partial charge in [0.2, 0.25) is 0 Å². The number of fused-ring (bicyclic) bond motifs is 3. The Balaban J connectivity index is 2.23. The Labute approximate surface area is 139 Å². The number of aromatic amines is 2. The number of hydrogen-bond acceptors (Lipinski definition) is 5. The first kappa shape index (κ1) is 16.0. The van der Waals surface area contributed by atoms with Crippen LogP contribution in [-0.2, 0) is 0 Å². The Bertz CT molecular complexity index is 1150. The lowest BCUT2D eigenvalue weighted by atomic mass is 10.2. The largest absolute Gasteiger partial charge is 0.326 e. The van der Waals surface area contributed by atoms with Crippen LogP contribution in [0.1, 0.15) is 18.4 Å². The van der Waals surface area contributed by atoms with Gasteiger partial charge in [0.25, 0.3) is 5.56 Å². The van der Waals surface area contributed by atoms with Crippen molar-refractivity contribution in [3.63, 3.8) is 0 Å². The maximum Gasteiger partial charge on any atom is 0.326 e. The molecule has 3 rings (SSSR count). The van der Waals surface area contributed by atoms with Crippen molar-refractivity contribution in [3.8, 4) is 0 Å². The second kappa shape index (κ2) is 5.97. The smallest absolute Gasteiger partial charge is 0.305 e. The average Bonchev–Trinajstić information content (AvgIpc) is 2.86. The van der Waals surface area contributed by atoms with Crippen LogP contribution in [0.2, 0.25) is 0 Å². The molecule has 0 unspecified atom stereocenters. The monoisotopic (exact) mass is 344 g/mol. The lowest BCUT2D eigenvalue weighted by Gasteiger charge is -2.02. The van der Waals surface area contributed by atoms with E-state index in [1.807, 2.05) is 0 Å². The molecule has 3 heterocycles. The van der Waals surface area contributed by atoms with Gasteiger partial charge in [-0.15, -0.1) is 11.3 Å². The number of aromatic nitrogens is 4. The van der Waals surface area contributed by atoms with Crippen LogP contribution < -0.4 is 11.2 Å². The molecule has 0 spiro atoms. The Hall–Kier alpha value is -2.87. The van der Waals surface area contributed by atoms with Crippen LogP contribution in [0, 0.1) is 6.92 Å². The highest BCUT2D eigenvalue weighted by Gasteiger charge is 2.15. The normalized spacial score (nSPS) is 12.5. The SMILES string of the molecule is C=C(F)/C=C\C=C(/C)c1nc(C)c2c(n1)sc1c(=O)[nH]c(=O)[nH]c12. The highest BCUT2D eigenvalue weighted by molar-refractivity contribution is 7.25. The van der Waals surface area contributed by atoms with Crippen molar-refractivity contribution in [1.82, 2.24) is 19.9 Å². The van der Waals surface area contributed by atoms with E-state index in [0.29, 0.717) is 32.0 Å². The summed E-state index contributed by atoms with van der Waals surface area (Å²) >= 11 is 1.19. The minimum absolute atomic E-state index is 0.398. The molecule has 3 aromatic rings. The molecule has 0 saturated carbocycles. The van der Waals surface area contributed by atoms with Gasteiger partial charge in [0, 0.05) is 0 Å². The topological polar surface area (TPSA) is 91.5 Å². The molecule has 0 saturated heterocycles. The summed E-state index contributed by atoms with van der Waals surface area (Å²) in [6.07, 6.45) is 4.43. The summed E-state index contributed by atoms with van der Waals surface area (Å²) in [5.74, 6) is -0.0706. The van der Waals surface area contributed by atoms with Crippen molar-refractivity contribution in [1.29, 1.82) is 0 Å². The number of aryl methyl sites for hydroxylation is 1. The number of halogens is 1. The van der Waals surface area contributed by atoms with Crippen molar-refractivity contribution in [2.75, 3.05) is 0 Å². The molecule has 3 aromatic heterocycles. The lowest BCUT2D eigenvalue weighted by Crippen LogP contribution is -2.20. The number of nitrogens with one attached hydrogen (secondary N) is 2. The van der Waals surface area contributed by atoms with Crippen molar-refractivity contribution in [2.24, 2.45) is 0 Å². The second-order valence-corrected chi connectivity index (χ2v) is 6.18. The average molecular weight is 344 g/mol. The van der Waals surface area contributed by atoms with E-state index in [1.165, 1.54) is 23.5 Å². The maximum atomic E-state index is 12.6. The lowest BCUT2D eigenvalue weighted by molar-refractivity contribution is 0.671. The number of nitrogens with zero attached hydrogens (tertiary/aromatic N) is 2. The first-order valence-corrected chi connectivity index (χ1v) is 7.81. The van der Waals surface area contributed by atoms with Crippen LogP contribution in [0.3, 0.4) is 0 Å². The van der Waals surface area contributed by atoms with Gasteiger partial charge in [-0.25, -0.2) is 19.2 Å². The Morgan fingerprint density at radius 1 is 1.29 bits per heavy atom. The summed E-state index contributed by atoms with van der Waals surface area (Å²) in [7, 11) is 0. The molecule has 24 heavy (non-hydrogen) atoms. The first-order chi connectivity index (χ1) is 11.4. The van der Waals surface area contributed by atoms with Crippen LogP contribution in [0.5, 0.6) is 0 Å². The van der Waals surface area contributed by atoms with Gasteiger partial charge in [-0.05, 0) is 25.5 Å². The van der Waals surface area contributed by atoms with Crippen molar-refractivity contribution >= 4 is 37.3 Å². The van der Waals surface area contributed by atoms with E-state index < -0.39 is 17.1 Å². The zero-order valence-electron chi connectivity index (χ0n) is 12.9. The van der Waals surface area contributed by atoms with E-state index in [1.54, 1.807) is 19.9 Å². The van der Waals surface area contributed by atoms with Crippen LogP contribution in [0.4, 0.5) is 4.39 Å². The highest BCUT2D eigenvalue weighted by Crippen LogP contribution is 2.30. The summed E-state index contributed by atoms with van der Waals surface area (Å²) in [6.45, 7) is 6.73. The van der Waals surface area contributed by atoms with Gasteiger partial charge in [0.05, 0.1) is 16.6 Å². The van der Waals surface area contributed by atoms with Gasteiger partial charge in [0.1, 0.15) is 15.4 Å². The summed E-state index contributed by atoms with van der Waals surface area (Å²) < 4.78 is 13.0. The molecule has 0 aromatic carbocycles. The summed E-state index contributed by atoms with van der Waals surface area (Å²) in [5.41, 5.74) is 0.812. The van der Waals surface area contributed by atoms with E-state index in [2.05, 4.69) is 26.5 Å². The third-order valence-electron chi connectivity index (χ3n) is 3.38. The molecule has 0 amide bonds. The fourth-order valence-corrected chi connectivity index (χ4v) is 3.38. The van der Waals surface area contributed by atoms with Crippen LogP contribution in [0.15, 0.2) is 40.2 Å². The quantitative estimate of drug-likeness (QED) is 0.715. The highest BCUT2D eigenvalue weighted by atomic mass is 32.1.